The van der Waals surface area contributed by atoms with Gasteiger partial charge in [0.25, 0.3) is 5.91 Å². The van der Waals surface area contributed by atoms with Crippen LogP contribution in [0.15, 0.2) is 53.6 Å². The van der Waals surface area contributed by atoms with Gasteiger partial charge in [-0.25, -0.2) is 5.01 Å². The third-order valence-corrected chi connectivity index (χ3v) is 6.03. The number of carbonyl (C=O) groups is 1. The molecule has 30 heavy (non-hydrogen) atoms. The number of nitrogens with zero attached hydrogens (tertiary/aromatic N) is 4. The van der Waals surface area contributed by atoms with Crippen molar-refractivity contribution in [1.82, 2.24) is 14.8 Å². The van der Waals surface area contributed by atoms with Crippen molar-refractivity contribution in [2.75, 3.05) is 46.9 Å². The maximum Gasteiger partial charge on any atom is 0.257 e. The van der Waals surface area contributed by atoms with Gasteiger partial charge in [0.05, 0.1) is 25.4 Å². The largest absolute Gasteiger partial charge is 0.497 e. The summed E-state index contributed by atoms with van der Waals surface area (Å²) in [6, 6.07) is 15.4. The third-order valence-electron chi connectivity index (χ3n) is 5.78. The molecule has 6 nitrogen and oxygen atoms in total. The fourth-order valence-corrected chi connectivity index (χ4v) is 4.06. The molecule has 1 unspecified atom stereocenters. The highest BCUT2D eigenvalue weighted by Gasteiger charge is 2.34. The molecule has 0 saturated carbocycles. The number of halogens is 1. The van der Waals surface area contributed by atoms with Gasteiger partial charge in [-0.3, -0.25) is 9.69 Å². The number of ether oxygens (including phenoxy) is 1. The Labute approximate surface area is 182 Å². The molecule has 0 radical (unpaired) electrons. The van der Waals surface area contributed by atoms with Gasteiger partial charge < -0.3 is 9.64 Å². The molecule has 1 fully saturated rings. The van der Waals surface area contributed by atoms with E-state index in [1.165, 1.54) is 0 Å². The standard InChI is InChI=1S/C23H27ClN4O2/c1-26-10-12-27(13-11-26)16-23(29)28-22(17-6-8-19(24)9-7-17)15-21(25-28)18-4-3-5-20(14-18)30-2/h3-9,14,22H,10-13,15-16H2,1-2H3. The summed E-state index contributed by atoms with van der Waals surface area (Å²) < 4.78 is 5.36. The number of hydrogen-bond donors (Lipinski definition) is 0. The van der Waals surface area contributed by atoms with E-state index >= 15 is 0 Å². The zero-order chi connectivity index (χ0) is 21.1. The number of hydrazone groups is 1. The second-order valence-electron chi connectivity index (χ2n) is 7.87. The average molecular weight is 427 g/mol. The van der Waals surface area contributed by atoms with Gasteiger partial charge in [-0.05, 0) is 36.9 Å². The van der Waals surface area contributed by atoms with Crippen molar-refractivity contribution in [3.8, 4) is 5.75 Å². The number of rotatable bonds is 5. The molecule has 7 heteroatoms. The van der Waals surface area contributed by atoms with Crippen molar-refractivity contribution in [1.29, 1.82) is 0 Å². The lowest BCUT2D eigenvalue weighted by atomic mass is 9.98. The van der Waals surface area contributed by atoms with Crippen LogP contribution >= 0.6 is 11.6 Å². The summed E-state index contributed by atoms with van der Waals surface area (Å²) in [6.07, 6.45) is 0.656. The van der Waals surface area contributed by atoms with Crippen molar-refractivity contribution in [2.24, 2.45) is 5.10 Å². The van der Waals surface area contributed by atoms with E-state index < -0.39 is 0 Å². The smallest absolute Gasteiger partial charge is 0.257 e. The highest BCUT2D eigenvalue weighted by atomic mass is 35.5. The van der Waals surface area contributed by atoms with E-state index in [4.69, 9.17) is 21.4 Å². The first-order valence-corrected chi connectivity index (χ1v) is 10.6. The lowest BCUT2D eigenvalue weighted by Crippen LogP contribution is -2.48. The van der Waals surface area contributed by atoms with E-state index in [1.807, 2.05) is 48.5 Å². The molecular weight excluding hydrogens is 400 g/mol. The van der Waals surface area contributed by atoms with Gasteiger partial charge in [0, 0.05) is 43.2 Å². The molecule has 0 aromatic heterocycles. The van der Waals surface area contributed by atoms with Crippen LogP contribution in [0.2, 0.25) is 5.02 Å². The van der Waals surface area contributed by atoms with Crippen LogP contribution < -0.4 is 4.74 Å². The molecule has 2 aromatic rings. The van der Waals surface area contributed by atoms with Crippen molar-refractivity contribution in [3.05, 3.63) is 64.7 Å². The van der Waals surface area contributed by atoms with Gasteiger partial charge in [0.2, 0.25) is 0 Å². The molecule has 4 rings (SSSR count). The van der Waals surface area contributed by atoms with Crippen LogP contribution in [0, 0.1) is 0 Å². The molecule has 2 aliphatic heterocycles. The van der Waals surface area contributed by atoms with Gasteiger partial charge >= 0.3 is 0 Å². The topological polar surface area (TPSA) is 48.4 Å². The van der Waals surface area contributed by atoms with E-state index in [0.29, 0.717) is 18.0 Å². The number of hydrogen-bond acceptors (Lipinski definition) is 5. The Bertz CT molecular complexity index is 923. The van der Waals surface area contributed by atoms with Crippen LogP contribution in [0.5, 0.6) is 5.75 Å². The Balaban J connectivity index is 1.58. The molecule has 0 N–H and O–H groups in total. The fraction of sp³-hybridized carbons (Fsp3) is 0.391. The molecule has 1 atom stereocenters. The normalized spacial score (nSPS) is 20.3. The van der Waals surface area contributed by atoms with Gasteiger partial charge in [-0.15, -0.1) is 0 Å². The van der Waals surface area contributed by atoms with E-state index in [9.17, 15) is 4.79 Å². The first-order valence-electron chi connectivity index (χ1n) is 10.2. The second-order valence-corrected chi connectivity index (χ2v) is 8.30. The minimum atomic E-state index is -0.136. The molecule has 1 saturated heterocycles. The van der Waals surface area contributed by atoms with Crippen LogP contribution in [0.1, 0.15) is 23.6 Å². The van der Waals surface area contributed by atoms with Gasteiger partial charge in [-0.2, -0.15) is 5.10 Å². The van der Waals surface area contributed by atoms with Gasteiger partial charge in [0.1, 0.15) is 5.75 Å². The van der Waals surface area contributed by atoms with Crippen molar-refractivity contribution in [3.63, 3.8) is 0 Å². The predicted molar refractivity (Wildman–Crippen MR) is 119 cm³/mol. The molecule has 0 aliphatic carbocycles. The maximum atomic E-state index is 13.3. The summed E-state index contributed by atoms with van der Waals surface area (Å²) in [6.45, 7) is 4.13. The van der Waals surface area contributed by atoms with Crippen molar-refractivity contribution < 1.29 is 9.53 Å². The number of carbonyl (C=O) groups excluding carboxylic acids is 1. The molecule has 1 amide bonds. The second kappa shape index (κ2) is 9.16. The number of methoxy groups -OCH3 is 1. The van der Waals surface area contributed by atoms with Crippen LogP contribution in [-0.4, -0.2) is 73.3 Å². The van der Waals surface area contributed by atoms with Crippen molar-refractivity contribution in [2.45, 2.75) is 12.5 Å². The summed E-state index contributed by atoms with van der Waals surface area (Å²) in [5.41, 5.74) is 2.90. The van der Waals surface area contributed by atoms with Crippen molar-refractivity contribution >= 4 is 23.2 Å². The third kappa shape index (κ3) is 4.67. The molecule has 158 valence electrons. The minimum absolute atomic E-state index is 0.0254. The summed E-state index contributed by atoms with van der Waals surface area (Å²) in [5, 5.41) is 7.11. The van der Waals surface area contributed by atoms with E-state index in [-0.39, 0.29) is 11.9 Å². The first kappa shape index (κ1) is 20.8. The molecule has 0 spiro atoms. The Hall–Kier alpha value is -2.41. The molecule has 0 bridgehead atoms. The Morgan fingerprint density at radius 3 is 2.57 bits per heavy atom. The number of benzene rings is 2. The van der Waals surface area contributed by atoms with Crippen LogP contribution in [0.3, 0.4) is 0 Å². The lowest BCUT2D eigenvalue weighted by molar-refractivity contribution is -0.134. The molecule has 2 heterocycles. The van der Waals surface area contributed by atoms with Crippen LogP contribution in [-0.2, 0) is 4.79 Å². The van der Waals surface area contributed by atoms with E-state index in [0.717, 1.165) is 48.8 Å². The monoisotopic (exact) mass is 426 g/mol. The SMILES string of the molecule is COc1cccc(C2=NN(C(=O)CN3CCN(C)CC3)C(c3ccc(Cl)cc3)C2)c1. The Morgan fingerprint density at radius 2 is 1.87 bits per heavy atom. The highest BCUT2D eigenvalue weighted by Crippen LogP contribution is 2.34. The molecule has 2 aliphatic rings. The quantitative estimate of drug-likeness (QED) is 0.736. The predicted octanol–water partition coefficient (Wildman–Crippen LogP) is 3.27. The maximum absolute atomic E-state index is 13.3. The van der Waals surface area contributed by atoms with E-state index in [1.54, 1.807) is 12.1 Å². The number of amides is 1. The first-order chi connectivity index (χ1) is 14.5. The summed E-state index contributed by atoms with van der Waals surface area (Å²) in [5.74, 6) is 0.804. The van der Waals surface area contributed by atoms with Gasteiger partial charge in [0.15, 0.2) is 0 Å². The number of likely N-dealkylation sites (N-methyl/N-ethyl adjacent to an activating group) is 1. The van der Waals surface area contributed by atoms with Crippen LogP contribution in [0.25, 0.3) is 0 Å². The Kier molecular flexibility index (Phi) is 6.37. The minimum Gasteiger partial charge on any atom is -0.497 e. The Morgan fingerprint density at radius 1 is 1.13 bits per heavy atom. The molecular formula is C23H27ClN4O2. The number of piperazine rings is 1. The average Bonchev–Trinajstić information content (AvgIpc) is 3.21. The fourth-order valence-electron chi connectivity index (χ4n) is 3.93. The van der Waals surface area contributed by atoms with Crippen LogP contribution in [0.4, 0.5) is 0 Å². The molecule has 2 aromatic carbocycles. The summed E-state index contributed by atoms with van der Waals surface area (Å²) in [4.78, 5) is 17.8. The van der Waals surface area contributed by atoms with E-state index in [2.05, 4.69) is 16.8 Å². The zero-order valence-corrected chi connectivity index (χ0v) is 18.2. The summed E-state index contributed by atoms with van der Waals surface area (Å²) in [7, 11) is 3.76. The summed E-state index contributed by atoms with van der Waals surface area (Å²) >= 11 is 6.08. The lowest BCUT2D eigenvalue weighted by Gasteiger charge is -2.33. The van der Waals surface area contributed by atoms with Gasteiger partial charge in [-0.1, -0.05) is 35.9 Å². The highest BCUT2D eigenvalue weighted by molar-refractivity contribution is 6.30. The zero-order valence-electron chi connectivity index (χ0n) is 17.4.